The summed E-state index contributed by atoms with van der Waals surface area (Å²) in [6.45, 7) is 24.5. The predicted molar refractivity (Wildman–Crippen MR) is 62.5 cm³/mol. The summed E-state index contributed by atoms with van der Waals surface area (Å²) in [4.78, 5) is 0. The normalized spacial score (nSPS) is 6.74. The van der Waals surface area contributed by atoms with Gasteiger partial charge in [0.2, 0.25) is 0 Å². The van der Waals surface area contributed by atoms with E-state index in [1.165, 1.54) is 0 Å². The standard InChI is InChI=1S/C8H14NP.4CO.Fe/c1-4-5-6-7-9(10)8(2)3;4*1-2;/h1,8H,5-7H2,2-3H3;;;;;. The van der Waals surface area contributed by atoms with E-state index in [4.69, 9.17) is 25.0 Å². The number of nitrogens with zero attached hydrogens (tertiary/aromatic N) is 1. The molecule has 0 aliphatic carbocycles. The van der Waals surface area contributed by atoms with Crippen LogP contribution in [0.15, 0.2) is 0 Å². The number of unbranched alkanes of at least 4 members (excludes halogenated alkanes) is 1. The van der Waals surface area contributed by atoms with Gasteiger partial charge in [0, 0.05) is 0 Å². The molecular formula is C12H14FeNO4P. The van der Waals surface area contributed by atoms with Crippen molar-refractivity contribution in [1.82, 2.24) is 4.67 Å². The summed E-state index contributed by atoms with van der Waals surface area (Å²) in [5.41, 5.74) is 0. The number of hydrogen-bond acceptors (Lipinski definition) is 1. The second-order valence-corrected chi connectivity index (χ2v) is 3.95. The Hall–Kier alpha value is -0.701. The van der Waals surface area contributed by atoms with E-state index in [1.807, 2.05) is 0 Å². The van der Waals surface area contributed by atoms with Crippen molar-refractivity contribution >= 4 is 6.98 Å². The van der Waals surface area contributed by atoms with Crippen LogP contribution < -0.4 is 0 Å². The number of rotatable bonds is 5. The number of hydrogen-bond donors (Lipinski definition) is 0. The van der Waals surface area contributed by atoms with Crippen LogP contribution in [0.3, 0.4) is 0 Å². The maximum atomic E-state index is 7.50. The average molecular weight is 323 g/mol. The summed E-state index contributed by atoms with van der Waals surface area (Å²) in [6, 6.07) is 0.576. The first-order valence-corrected chi connectivity index (χ1v) is 6.74. The summed E-state index contributed by atoms with van der Waals surface area (Å²) < 4.78 is 32.3. The molecule has 0 radical (unpaired) electrons. The van der Waals surface area contributed by atoms with Crippen LogP contribution in [0.4, 0.5) is 0 Å². The summed E-state index contributed by atoms with van der Waals surface area (Å²) in [5, 5.41) is 0. The van der Waals surface area contributed by atoms with Gasteiger partial charge in [0.25, 0.3) is 0 Å². The van der Waals surface area contributed by atoms with Crippen molar-refractivity contribution in [2.45, 2.75) is 32.7 Å². The van der Waals surface area contributed by atoms with E-state index in [0.29, 0.717) is 6.04 Å². The van der Waals surface area contributed by atoms with Gasteiger partial charge in [-0.1, -0.05) is 0 Å². The van der Waals surface area contributed by atoms with E-state index in [2.05, 4.69) is 66.1 Å². The Labute approximate surface area is 124 Å². The number of terminal acetylenes is 1. The quantitative estimate of drug-likeness (QED) is 0.191. The molecule has 0 atom stereocenters. The summed E-state index contributed by atoms with van der Waals surface area (Å²) in [6.07, 6.45) is 7.10. The first-order valence-electron chi connectivity index (χ1n) is 4.55. The van der Waals surface area contributed by atoms with Gasteiger partial charge in [-0.3, -0.25) is 0 Å². The van der Waals surface area contributed by atoms with E-state index >= 15 is 0 Å². The molecule has 0 saturated carbocycles. The molecule has 0 bridgehead atoms. The summed E-state index contributed by atoms with van der Waals surface area (Å²) in [7, 11) is 0. The van der Waals surface area contributed by atoms with Crippen molar-refractivity contribution in [3.63, 3.8) is 0 Å². The van der Waals surface area contributed by atoms with E-state index in [9.17, 15) is 0 Å². The molecule has 0 aromatic carbocycles. The van der Waals surface area contributed by atoms with E-state index in [1.54, 1.807) is 0 Å². The molecule has 0 unspecified atom stereocenters. The molecule has 7 heteroatoms. The third-order valence-corrected chi connectivity index (χ3v) is 3.09. The zero-order valence-electron chi connectivity index (χ0n) is 10.7. The summed E-state index contributed by atoms with van der Waals surface area (Å²) in [5.74, 6) is 2.64. The Balaban J connectivity index is -0.0000000693. The van der Waals surface area contributed by atoms with Crippen molar-refractivity contribution < 1.29 is 33.7 Å². The average Bonchev–Trinajstić information content (AvgIpc) is 2.51. The van der Waals surface area contributed by atoms with Gasteiger partial charge in [0.05, 0.1) is 0 Å². The Morgan fingerprint density at radius 2 is 1.47 bits per heavy atom. The molecule has 0 aromatic heterocycles. The molecule has 0 aromatic rings. The van der Waals surface area contributed by atoms with E-state index < -0.39 is 0 Å². The van der Waals surface area contributed by atoms with Crippen LogP contribution in [0.25, 0.3) is 0 Å². The molecule has 0 fully saturated rings. The second kappa shape index (κ2) is 43.3. The van der Waals surface area contributed by atoms with E-state index in [0.717, 1.165) is 26.4 Å². The molecular weight excluding hydrogens is 309 g/mol. The third-order valence-electron chi connectivity index (χ3n) is 1.40. The molecule has 0 spiro atoms. The molecule has 104 valence electrons. The van der Waals surface area contributed by atoms with Crippen LogP contribution in [-0.2, 0) is 33.7 Å². The minimum absolute atomic E-state index is 0.576. The van der Waals surface area contributed by atoms with Gasteiger partial charge in [0.15, 0.2) is 0 Å². The Morgan fingerprint density at radius 3 is 1.68 bits per heavy atom. The van der Waals surface area contributed by atoms with Gasteiger partial charge in [-0.15, -0.1) is 0 Å². The fraction of sp³-hybridized carbons (Fsp3) is 0.500. The Morgan fingerprint density at radius 1 is 1.11 bits per heavy atom. The fourth-order valence-electron chi connectivity index (χ4n) is 0.718. The van der Waals surface area contributed by atoms with E-state index in [-0.39, 0.29) is 0 Å². The fourth-order valence-corrected chi connectivity index (χ4v) is 2.19. The van der Waals surface area contributed by atoms with Crippen molar-refractivity contribution in [3.05, 3.63) is 26.6 Å². The molecule has 19 heavy (non-hydrogen) atoms. The molecule has 0 amide bonds. The molecule has 0 saturated heterocycles. The first-order chi connectivity index (χ1) is 9.22. The van der Waals surface area contributed by atoms with Gasteiger partial charge >= 0.3 is 124 Å². The SMILES string of the molecule is C#CCCCN([P]=[Fe])C(C)C.[C-]#[O+].[C-]#[O+].[C-]#[O+].[C-]#[O+]. The predicted octanol–water partition coefficient (Wildman–Crippen LogP) is 2.28. The third kappa shape index (κ3) is 38.2. The molecule has 0 N–H and O–H groups in total. The van der Waals surface area contributed by atoms with Gasteiger partial charge in [-0.05, 0) is 0 Å². The minimum atomic E-state index is 0.576. The van der Waals surface area contributed by atoms with Crippen LogP contribution >= 0.6 is 6.98 Å². The zero-order chi connectivity index (χ0) is 16.7. The molecule has 0 heterocycles. The Kier molecular flexibility index (Phi) is 70.6. The van der Waals surface area contributed by atoms with Crippen molar-refractivity contribution in [2.24, 2.45) is 0 Å². The first kappa shape index (κ1) is 31.0. The van der Waals surface area contributed by atoms with Crippen molar-refractivity contribution in [2.75, 3.05) is 6.54 Å². The zero-order valence-corrected chi connectivity index (χ0v) is 12.7. The van der Waals surface area contributed by atoms with Crippen LogP contribution in [0.1, 0.15) is 26.7 Å². The maximum absolute atomic E-state index is 7.50. The molecule has 0 rings (SSSR count). The molecule has 0 aliphatic rings. The Bertz CT molecular complexity index is 268. The van der Waals surface area contributed by atoms with Gasteiger partial charge < -0.3 is 0 Å². The van der Waals surface area contributed by atoms with Gasteiger partial charge in [-0.25, -0.2) is 0 Å². The van der Waals surface area contributed by atoms with Gasteiger partial charge in [0.1, 0.15) is 0 Å². The van der Waals surface area contributed by atoms with Gasteiger partial charge in [-0.2, -0.15) is 0 Å². The molecule has 0 aliphatic heterocycles. The molecule has 5 nitrogen and oxygen atoms in total. The van der Waals surface area contributed by atoms with Crippen molar-refractivity contribution in [1.29, 1.82) is 0 Å². The van der Waals surface area contributed by atoms with Crippen LogP contribution in [-0.4, -0.2) is 17.3 Å². The monoisotopic (exact) mass is 323 g/mol. The second-order valence-electron chi connectivity index (χ2n) is 2.64. The van der Waals surface area contributed by atoms with Crippen LogP contribution in [0.2, 0.25) is 0 Å². The topological polar surface area (TPSA) is 82.8 Å². The van der Waals surface area contributed by atoms with Crippen LogP contribution in [0, 0.1) is 38.9 Å². The van der Waals surface area contributed by atoms with Crippen molar-refractivity contribution in [3.8, 4) is 12.3 Å². The summed E-state index contributed by atoms with van der Waals surface area (Å²) >= 11 is 3.83. The van der Waals surface area contributed by atoms with Crippen LogP contribution in [0.5, 0.6) is 0 Å².